The lowest BCUT2D eigenvalue weighted by molar-refractivity contribution is 0.420. The topological polar surface area (TPSA) is 59.5 Å². The van der Waals surface area contributed by atoms with Gasteiger partial charge in [0.1, 0.15) is 0 Å². The molecule has 0 aliphatic heterocycles. The molecule has 0 bridgehead atoms. The standard InChI is InChI=1S/C7H10N2O3S/c1-9(2)13(10,11)12-7-4-3-5-8-6-7/h3-6H,1-2H3. The molecule has 1 aromatic rings. The summed E-state index contributed by atoms with van der Waals surface area (Å²) in [6, 6.07) is 3.12. The Balaban J connectivity index is 2.82. The molecule has 1 heterocycles. The Bertz CT molecular complexity index is 361. The van der Waals surface area contributed by atoms with Crippen molar-refractivity contribution in [1.82, 2.24) is 9.29 Å². The second kappa shape index (κ2) is 3.71. The maximum absolute atomic E-state index is 11.2. The van der Waals surface area contributed by atoms with Crippen LogP contribution in [-0.4, -0.2) is 31.8 Å². The normalized spacial score (nSPS) is 11.6. The van der Waals surface area contributed by atoms with Gasteiger partial charge in [-0.25, -0.2) is 0 Å². The van der Waals surface area contributed by atoms with Crippen LogP contribution in [0, 0.1) is 0 Å². The largest absolute Gasteiger partial charge is 0.384 e. The molecule has 0 unspecified atom stereocenters. The van der Waals surface area contributed by atoms with Crippen LogP contribution in [0.1, 0.15) is 0 Å². The summed E-state index contributed by atoms with van der Waals surface area (Å²) in [5, 5.41) is 0. The molecule has 0 saturated carbocycles. The van der Waals surface area contributed by atoms with Crippen LogP contribution in [0.3, 0.4) is 0 Å². The first-order valence-corrected chi connectivity index (χ1v) is 4.91. The summed E-state index contributed by atoms with van der Waals surface area (Å²) in [7, 11) is -0.869. The molecule has 1 rings (SSSR count). The Kier molecular flexibility index (Phi) is 2.84. The molecular formula is C7H10N2O3S. The summed E-state index contributed by atoms with van der Waals surface area (Å²) in [6.45, 7) is 0. The van der Waals surface area contributed by atoms with Crippen molar-refractivity contribution >= 4 is 10.3 Å². The van der Waals surface area contributed by atoms with Crippen LogP contribution in [0.2, 0.25) is 0 Å². The van der Waals surface area contributed by atoms with E-state index in [-0.39, 0.29) is 5.75 Å². The Morgan fingerprint density at radius 3 is 2.62 bits per heavy atom. The molecule has 1 aromatic heterocycles. The first kappa shape index (κ1) is 9.94. The minimum atomic E-state index is -3.66. The van der Waals surface area contributed by atoms with E-state index in [1.54, 1.807) is 6.07 Å². The van der Waals surface area contributed by atoms with Crippen molar-refractivity contribution in [3.63, 3.8) is 0 Å². The van der Waals surface area contributed by atoms with Crippen LogP contribution < -0.4 is 4.18 Å². The van der Waals surface area contributed by atoms with Gasteiger partial charge in [-0.3, -0.25) is 4.98 Å². The van der Waals surface area contributed by atoms with Gasteiger partial charge < -0.3 is 4.18 Å². The number of rotatable bonds is 3. The molecule has 0 spiro atoms. The Morgan fingerprint density at radius 2 is 2.15 bits per heavy atom. The van der Waals surface area contributed by atoms with E-state index < -0.39 is 10.3 Å². The zero-order chi connectivity index (χ0) is 9.90. The van der Waals surface area contributed by atoms with Crippen molar-refractivity contribution in [2.24, 2.45) is 0 Å². The van der Waals surface area contributed by atoms with Gasteiger partial charge >= 0.3 is 10.3 Å². The minimum Gasteiger partial charge on any atom is -0.369 e. The number of hydrogen-bond donors (Lipinski definition) is 0. The van der Waals surface area contributed by atoms with E-state index >= 15 is 0 Å². The number of pyridine rings is 1. The monoisotopic (exact) mass is 202 g/mol. The van der Waals surface area contributed by atoms with Crippen molar-refractivity contribution in [3.8, 4) is 5.75 Å². The summed E-state index contributed by atoms with van der Waals surface area (Å²) in [5.41, 5.74) is 0. The first-order chi connectivity index (χ1) is 6.02. The smallest absolute Gasteiger partial charge is 0.369 e. The molecule has 0 aliphatic rings. The van der Waals surface area contributed by atoms with E-state index in [0.717, 1.165) is 4.31 Å². The second-order valence-electron chi connectivity index (χ2n) is 2.51. The third-order valence-corrected chi connectivity index (χ3v) is 2.58. The molecule has 0 fully saturated rings. The van der Waals surface area contributed by atoms with Crippen LogP contribution in [0.5, 0.6) is 5.75 Å². The maximum Gasteiger partial charge on any atom is 0.384 e. The number of hydrogen-bond acceptors (Lipinski definition) is 4. The third-order valence-electron chi connectivity index (χ3n) is 1.28. The van der Waals surface area contributed by atoms with Gasteiger partial charge in [0.05, 0.1) is 6.20 Å². The Hall–Kier alpha value is -1.14. The van der Waals surface area contributed by atoms with Crippen LogP contribution in [0.25, 0.3) is 0 Å². The highest BCUT2D eigenvalue weighted by atomic mass is 32.2. The van der Waals surface area contributed by atoms with Crippen molar-refractivity contribution in [2.75, 3.05) is 14.1 Å². The maximum atomic E-state index is 11.2. The fourth-order valence-corrected chi connectivity index (χ4v) is 1.08. The van der Waals surface area contributed by atoms with E-state index in [1.165, 1.54) is 32.6 Å². The third kappa shape index (κ3) is 2.67. The molecule has 0 radical (unpaired) electrons. The summed E-state index contributed by atoms with van der Waals surface area (Å²) in [4.78, 5) is 3.72. The average Bonchev–Trinajstić information content (AvgIpc) is 2.05. The van der Waals surface area contributed by atoms with Crippen LogP contribution in [0.4, 0.5) is 0 Å². The highest BCUT2D eigenvalue weighted by Gasteiger charge is 2.15. The van der Waals surface area contributed by atoms with E-state index in [2.05, 4.69) is 4.98 Å². The average molecular weight is 202 g/mol. The Morgan fingerprint density at radius 1 is 1.46 bits per heavy atom. The summed E-state index contributed by atoms with van der Waals surface area (Å²) in [6.07, 6.45) is 2.87. The number of nitrogens with zero attached hydrogens (tertiary/aromatic N) is 2. The van der Waals surface area contributed by atoms with Gasteiger partial charge in [0.25, 0.3) is 0 Å². The molecule has 0 atom stereocenters. The van der Waals surface area contributed by atoms with E-state index in [9.17, 15) is 8.42 Å². The molecule has 72 valence electrons. The van der Waals surface area contributed by atoms with E-state index in [4.69, 9.17) is 4.18 Å². The molecule has 0 aliphatic carbocycles. The summed E-state index contributed by atoms with van der Waals surface area (Å²) < 4.78 is 28.0. The molecule has 0 aromatic carbocycles. The van der Waals surface area contributed by atoms with Crippen molar-refractivity contribution in [3.05, 3.63) is 24.5 Å². The molecular weight excluding hydrogens is 192 g/mol. The van der Waals surface area contributed by atoms with Gasteiger partial charge in [-0.1, -0.05) is 0 Å². The fourth-order valence-electron chi connectivity index (χ4n) is 0.593. The zero-order valence-electron chi connectivity index (χ0n) is 7.34. The van der Waals surface area contributed by atoms with Crippen LogP contribution >= 0.6 is 0 Å². The van der Waals surface area contributed by atoms with Gasteiger partial charge in [-0.15, -0.1) is 0 Å². The minimum absolute atomic E-state index is 0.205. The van der Waals surface area contributed by atoms with Gasteiger partial charge in [0, 0.05) is 20.3 Å². The predicted molar refractivity (Wildman–Crippen MR) is 47.5 cm³/mol. The zero-order valence-corrected chi connectivity index (χ0v) is 8.15. The highest BCUT2D eigenvalue weighted by molar-refractivity contribution is 7.84. The van der Waals surface area contributed by atoms with Crippen molar-refractivity contribution < 1.29 is 12.6 Å². The quantitative estimate of drug-likeness (QED) is 0.705. The lowest BCUT2D eigenvalue weighted by Gasteiger charge is -2.10. The SMILES string of the molecule is CN(C)S(=O)(=O)Oc1cccnc1. The second-order valence-corrected chi connectivity index (χ2v) is 4.26. The predicted octanol–water partition coefficient (Wildman–Crippen LogP) is 0.267. The van der Waals surface area contributed by atoms with Gasteiger partial charge in [0.15, 0.2) is 5.75 Å². The van der Waals surface area contributed by atoms with Gasteiger partial charge in [-0.05, 0) is 12.1 Å². The van der Waals surface area contributed by atoms with E-state index in [1.807, 2.05) is 0 Å². The van der Waals surface area contributed by atoms with Crippen molar-refractivity contribution in [1.29, 1.82) is 0 Å². The molecule has 6 heteroatoms. The first-order valence-electron chi connectivity index (χ1n) is 3.54. The van der Waals surface area contributed by atoms with Gasteiger partial charge in [-0.2, -0.15) is 12.7 Å². The molecule has 5 nitrogen and oxygen atoms in total. The summed E-state index contributed by atoms with van der Waals surface area (Å²) in [5.74, 6) is 0.205. The molecule has 13 heavy (non-hydrogen) atoms. The van der Waals surface area contributed by atoms with Gasteiger partial charge in [0.2, 0.25) is 0 Å². The molecule has 0 amide bonds. The molecule has 0 saturated heterocycles. The molecule has 0 N–H and O–H groups in total. The summed E-state index contributed by atoms with van der Waals surface area (Å²) >= 11 is 0. The van der Waals surface area contributed by atoms with Crippen LogP contribution in [-0.2, 0) is 10.3 Å². The van der Waals surface area contributed by atoms with E-state index in [0.29, 0.717) is 0 Å². The fraction of sp³-hybridized carbons (Fsp3) is 0.286. The lowest BCUT2D eigenvalue weighted by atomic mass is 10.5. The Labute approximate surface area is 77.2 Å². The van der Waals surface area contributed by atoms with Crippen LogP contribution in [0.15, 0.2) is 24.5 Å². The number of aromatic nitrogens is 1. The lowest BCUT2D eigenvalue weighted by Crippen LogP contribution is -2.27. The highest BCUT2D eigenvalue weighted by Crippen LogP contribution is 2.10. The van der Waals surface area contributed by atoms with Crippen molar-refractivity contribution in [2.45, 2.75) is 0 Å².